The molecule has 6 heteroatoms. The Bertz CT molecular complexity index is 3390. The number of hydrogen-bond acceptors (Lipinski definition) is 4. The van der Waals surface area contributed by atoms with Gasteiger partial charge in [0.25, 0.3) is 0 Å². The van der Waals surface area contributed by atoms with E-state index in [1.165, 1.54) is 55.8 Å². The molecule has 0 fully saturated rings. The van der Waals surface area contributed by atoms with Gasteiger partial charge in [-0.25, -0.2) is 0 Å². The summed E-state index contributed by atoms with van der Waals surface area (Å²) in [5.74, 6) is 3.85. The molecule has 10 rings (SSSR count). The van der Waals surface area contributed by atoms with Crippen LogP contribution in [0.1, 0.15) is 107 Å². The normalized spacial score (nSPS) is 11.7. The van der Waals surface area contributed by atoms with E-state index in [9.17, 15) is 0 Å². The molecular formula is C63H57N3O2Pt. The summed E-state index contributed by atoms with van der Waals surface area (Å²) in [6, 6.07) is 60.3. The average molecular weight is 1080 g/mol. The van der Waals surface area contributed by atoms with Gasteiger partial charge >= 0.3 is 21.1 Å². The number of aromatic nitrogens is 3. The standard InChI is InChI=1S/C63H57N3O2.Pt/c1-38(2)52-34-47(43-20-12-10-13-21-43)35-53(39(3)4)58(52)61-42(9)51-30-31-64-59(62(51)68-61)45-24-18-26-49(32-45)67-50-27-19-25-46(33-50)63-65-56-28-16-17-29-57(56)66(63)60-54(40(5)6)36-48(37-55(60)41(7)8)44-22-14-11-15-23-44;/h10-31,34-41H,1-9H3;/q-2;+2. The maximum Gasteiger partial charge on any atom is 2.00 e. The van der Waals surface area contributed by atoms with Crippen LogP contribution in [0.2, 0.25) is 0 Å². The molecule has 0 saturated heterocycles. The summed E-state index contributed by atoms with van der Waals surface area (Å²) in [5, 5.41) is 1.03. The van der Waals surface area contributed by atoms with Crippen molar-refractivity contribution in [1.29, 1.82) is 0 Å². The number of rotatable bonds is 12. The molecule has 69 heavy (non-hydrogen) atoms. The number of hydrogen-bond donors (Lipinski definition) is 0. The molecule has 0 radical (unpaired) electrons. The maximum absolute atomic E-state index is 7.03. The zero-order valence-electron chi connectivity index (χ0n) is 40.8. The molecule has 3 heterocycles. The van der Waals surface area contributed by atoms with Crippen molar-refractivity contribution < 1.29 is 30.2 Å². The first-order chi connectivity index (χ1) is 32.9. The van der Waals surface area contributed by atoms with Crippen LogP contribution in [0.3, 0.4) is 0 Å². The first-order valence-electron chi connectivity index (χ1n) is 24.0. The van der Waals surface area contributed by atoms with Gasteiger partial charge in [-0.05, 0) is 105 Å². The van der Waals surface area contributed by atoms with Crippen molar-refractivity contribution in [3.63, 3.8) is 0 Å². The minimum absolute atomic E-state index is 0. The summed E-state index contributed by atoms with van der Waals surface area (Å²) in [6.07, 6.45) is 1.87. The van der Waals surface area contributed by atoms with Crippen molar-refractivity contribution >= 4 is 22.0 Å². The summed E-state index contributed by atoms with van der Waals surface area (Å²) in [6.45, 7) is 20.3. The van der Waals surface area contributed by atoms with Gasteiger partial charge in [-0.1, -0.05) is 152 Å². The molecule has 3 aromatic heterocycles. The van der Waals surface area contributed by atoms with Crippen molar-refractivity contribution in [2.24, 2.45) is 0 Å². The maximum atomic E-state index is 7.03. The molecule has 0 spiro atoms. The van der Waals surface area contributed by atoms with Gasteiger partial charge in [0, 0.05) is 45.6 Å². The number of ether oxygens (including phenoxy) is 1. The third kappa shape index (κ3) is 9.02. The average Bonchev–Trinajstić information content (AvgIpc) is 3.91. The minimum atomic E-state index is 0. The fraction of sp³-hybridized carbons (Fsp3) is 0.206. The molecule has 7 aromatic carbocycles. The number of para-hydroxylation sites is 2. The van der Waals surface area contributed by atoms with E-state index in [-0.39, 0.29) is 44.7 Å². The summed E-state index contributed by atoms with van der Waals surface area (Å²) < 4.78 is 16.0. The van der Waals surface area contributed by atoms with Crippen LogP contribution in [0.5, 0.6) is 11.5 Å². The zero-order chi connectivity index (χ0) is 47.2. The Labute approximate surface area is 421 Å². The number of imidazole rings is 1. The number of pyridine rings is 1. The Kier molecular flexibility index (Phi) is 13.5. The van der Waals surface area contributed by atoms with E-state index < -0.39 is 0 Å². The van der Waals surface area contributed by atoms with Crippen LogP contribution in [0.25, 0.3) is 83.9 Å². The van der Waals surface area contributed by atoms with Crippen molar-refractivity contribution in [3.05, 3.63) is 198 Å². The van der Waals surface area contributed by atoms with Crippen LogP contribution in [-0.4, -0.2) is 14.5 Å². The van der Waals surface area contributed by atoms with Crippen LogP contribution in [0.4, 0.5) is 0 Å². The van der Waals surface area contributed by atoms with E-state index in [4.69, 9.17) is 19.1 Å². The quantitative estimate of drug-likeness (QED) is 0.114. The zero-order valence-corrected chi connectivity index (χ0v) is 43.1. The topological polar surface area (TPSA) is 53.1 Å². The Morgan fingerprint density at radius 2 is 1.04 bits per heavy atom. The van der Waals surface area contributed by atoms with Crippen LogP contribution >= 0.6 is 0 Å². The predicted molar refractivity (Wildman–Crippen MR) is 281 cm³/mol. The molecule has 0 unspecified atom stereocenters. The molecule has 0 atom stereocenters. The fourth-order valence-electron chi connectivity index (χ4n) is 9.69. The second kappa shape index (κ2) is 19.7. The van der Waals surface area contributed by atoms with E-state index in [1.807, 2.05) is 36.5 Å². The predicted octanol–water partition coefficient (Wildman–Crippen LogP) is 17.7. The molecule has 0 aliphatic carbocycles. The van der Waals surface area contributed by atoms with E-state index in [1.54, 1.807) is 0 Å². The van der Waals surface area contributed by atoms with Gasteiger partial charge in [-0.2, -0.15) is 0 Å². The van der Waals surface area contributed by atoms with Crippen LogP contribution in [0, 0.1) is 19.1 Å². The molecule has 0 saturated carbocycles. The number of aryl methyl sites for hydroxylation is 1. The minimum Gasteiger partial charge on any atom is -0.497 e. The Morgan fingerprint density at radius 3 is 1.61 bits per heavy atom. The molecule has 5 nitrogen and oxygen atoms in total. The number of fused-ring (bicyclic) bond motifs is 2. The molecule has 346 valence electrons. The van der Waals surface area contributed by atoms with E-state index in [0.717, 1.165) is 50.3 Å². The van der Waals surface area contributed by atoms with Gasteiger partial charge in [0.2, 0.25) is 0 Å². The van der Waals surface area contributed by atoms with Crippen molar-refractivity contribution in [2.75, 3.05) is 0 Å². The number of benzene rings is 7. The SMILES string of the molecule is Cc1c(-c2c(C(C)C)cc(-c3ccccc3)cc2C(C)C)oc2c(-c3[c-]c(Oc4[c-]c(-c5nc6ccccc6n5-c5c(C(C)C)cc(-c6ccccc6)cc5C(C)C)ccc4)ccc3)nccc12.[Pt+2]. The van der Waals surface area contributed by atoms with Gasteiger partial charge in [0.1, 0.15) is 11.3 Å². The molecule has 10 aromatic rings. The van der Waals surface area contributed by atoms with E-state index >= 15 is 0 Å². The summed E-state index contributed by atoms with van der Waals surface area (Å²) in [4.78, 5) is 10.2. The van der Waals surface area contributed by atoms with Crippen molar-refractivity contribution in [1.82, 2.24) is 14.5 Å². The Balaban J connectivity index is 0.00000593. The van der Waals surface area contributed by atoms with Gasteiger partial charge in [0.05, 0.1) is 16.9 Å². The molecule has 0 aliphatic heterocycles. The fourth-order valence-corrected chi connectivity index (χ4v) is 9.69. The largest absolute Gasteiger partial charge is 2.00 e. The number of furan rings is 1. The van der Waals surface area contributed by atoms with Gasteiger partial charge in [-0.15, -0.1) is 47.5 Å². The molecule has 0 N–H and O–H groups in total. The third-order valence-electron chi connectivity index (χ3n) is 13.2. The summed E-state index contributed by atoms with van der Waals surface area (Å²) in [7, 11) is 0. The second-order valence-electron chi connectivity index (χ2n) is 19.2. The smallest absolute Gasteiger partial charge is 0.497 e. The van der Waals surface area contributed by atoms with Crippen LogP contribution in [-0.2, 0) is 21.1 Å². The molecule has 0 amide bonds. The third-order valence-corrected chi connectivity index (χ3v) is 13.2. The summed E-state index contributed by atoms with van der Waals surface area (Å²) >= 11 is 0. The molecule has 0 aliphatic rings. The van der Waals surface area contributed by atoms with Crippen LogP contribution < -0.4 is 4.74 Å². The number of nitrogens with zero attached hydrogens (tertiary/aromatic N) is 3. The first-order valence-corrected chi connectivity index (χ1v) is 24.0. The van der Waals surface area contributed by atoms with Gasteiger partial charge < -0.3 is 18.7 Å². The molecule has 0 bridgehead atoms. The van der Waals surface area contributed by atoms with Crippen molar-refractivity contribution in [3.8, 4) is 73.4 Å². The van der Waals surface area contributed by atoms with E-state index in [0.29, 0.717) is 17.2 Å². The van der Waals surface area contributed by atoms with Crippen LogP contribution in [0.15, 0.2) is 162 Å². The van der Waals surface area contributed by atoms with Gasteiger partial charge in [0.15, 0.2) is 0 Å². The Morgan fingerprint density at radius 1 is 0.536 bits per heavy atom. The Hall–Kier alpha value is -6.81. The van der Waals surface area contributed by atoms with Gasteiger partial charge in [-0.3, -0.25) is 4.98 Å². The summed E-state index contributed by atoms with van der Waals surface area (Å²) in [5.41, 5.74) is 18.4. The monoisotopic (exact) mass is 1080 g/mol. The van der Waals surface area contributed by atoms with Crippen molar-refractivity contribution in [2.45, 2.75) is 86.0 Å². The second-order valence-corrected chi connectivity index (χ2v) is 19.2. The first kappa shape index (κ1) is 47.3. The van der Waals surface area contributed by atoms with E-state index in [2.05, 4.69) is 200 Å². The molecular weight excluding hydrogens is 1030 g/mol.